The minimum atomic E-state index is -0.0372. The molecule has 1 saturated heterocycles. The second kappa shape index (κ2) is 5.96. The lowest BCUT2D eigenvalue weighted by atomic mass is 10.1. The van der Waals surface area contributed by atoms with Crippen LogP contribution in [-0.4, -0.2) is 27.9 Å². The summed E-state index contributed by atoms with van der Waals surface area (Å²) in [5.74, 6) is 0.955. The Morgan fingerprint density at radius 2 is 2.18 bits per heavy atom. The molecular formula is C13H21N3O. The zero-order valence-electron chi connectivity index (χ0n) is 10.5. The van der Waals surface area contributed by atoms with Crippen molar-refractivity contribution >= 4 is 5.82 Å². The summed E-state index contributed by atoms with van der Waals surface area (Å²) in [5, 5.41) is 17.2. The van der Waals surface area contributed by atoms with Crippen LogP contribution in [0, 0.1) is 0 Å². The summed E-state index contributed by atoms with van der Waals surface area (Å²) in [5.41, 5.74) is 0.636. The molecule has 1 N–H and O–H groups in total. The van der Waals surface area contributed by atoms with Gasteiger partial charge in [-0.1, -0.05) is 19.8 Å². The maximum absolute atomic E-state index is 8.97. The van der Waals surface area contributed by atoms with Crippen molar-refractivity contribution in [3.05, 3.63) is 17.8 Å². The first-order valence-corrected chi connectivity index (χ1v) is 6.55. The number of nitrogens with zero attached hydrogens (tertiary/aromatic N) is 3. The van der Waals surface area contributed by atoms with Crippen molar-refractivity contribution in [2.75, 3.05) is 11.4 Å². The van der Waals surface area contributed by atoms with Crippen molar-refractivity contribution in [2.24, 2.45) is 0 Å². The average Bonchev–Trinajstić information content (AvgIpc) is 2.64. The summed E-state index contributed by atoms with van der Waals surface area (Å²) in [4.78, 5) is 2.38. The molecule has 1 aromatic rings. The van der Waals surface area contributed by atoms with Gasteiger partial charge in [-0.15, -0.1) is 5.10 Å². The van der Waals surface area contributed by atoms with E-state index in [-0.39, 0.29) is 6.61 Å². The third kappa shape index (κ3) is 2.94. The fourth-order valence-corrected chi connectivity index (χ4v) is 2.49. The summed E-state index contributed by atoms with van der Waals surface area (Å²) < 4.78 is 0. The lowest BCUT2D eigenvalue weighted by Crippen LogP contribution is -2.35. The highest BCUT2D eigenvalue weighted by Gasteiger charge is 2.20. The molecule has 0 saturated carbocycles. The van der Waals surface area contributed by atoms with Crippen molar-refractivity contribution in [3.63, 3.8) is 0 Å². The van der Waals surface area contributed by atoms with E-state index < -0.39 is 0 Å². The standard InChI is InChI=1S/C13H21N3O/c1-2-12-6-4-3-5-9-16(12)13-8-7-11(10-17)14-15-13/h7-8,12,17H,2-6,9-10H2,1H3. The number of aromatic nitrogens is 2. The van der Waals surface area contributed by atoms with Crippen LogP contribution in [0.3, 0.4) is 0 Å². The van der Waals surface area contributed by atoms with Gasteiger partial charge in [0.2, 0.25) is 0 Å². The van der Waals surface area contributed by atoms with Crippen molar-refractivity contribution in [1.29, 1.82) is 0 Å². The third-order valence-corrected chi connectivity index (χ3v) is 3.51. The minimum absolute atomic E-state index is 0.0372. The van der Waals surface area contributed by atoms with Gasteiger partial charge >= 0.3 is 0 Å². The summed E-state index contributed by atoms with van der Waals surface area (Å²) in [6.45, 7) is 3.27. The Labute approximate surface area is 103 Å². The molecule has 0 aliphatic carbocycles. The number of rotatable bonds is 3. The Morgan fingerprint density at radius 1 is 1.29 bits per heavy atom. The molecule has 1 fully saturated rings. The monoisotopic (exact) mass is 235 g/mol. The van der Waals surface area contributed by atoms with Gasteiger partial charge < -0.3 is 10.0 Å². The molecule has 0 radical (unpaired) electrons. The predicted octanol–water partition coefficient (Wildman–Crippen LogP) is 2.13. The van der Waals surface area contributed by atoms with Gasteiger partial charge in [0.25, 0.3) is 0 Å². The van der Waals surface area contributed by atoms with Gasteiger partial charge in [0.15, 0.2) is 5.82 Å². The third-order valence-electron chi connectivity index (χ3n) is 3.51. The maximum Gasteiger partial charge on any atom is 0.151 e. The van der Waals surface area contributed by atoms with Crippen LogP contribution in [-0.2, 0) is 6.61 Å². The largest absolute Gasteiger partial charge is 0.390 e. The van der Waals surface area contributed by atoms with Crippen LogP contribution in [0.5, 0.6) is 0 Å². The number of hydrogen-bond acceptors (Lipinski definition) is 4. The van der Waals surface area contributed by atoms with Crippen molar-refractivity contribution < 1.29 is 5.11 Å². The molecule has 4 heteroatoms. The van der Waals surface area contributed by atoms with Crippen LogP contribution in [0.25, 0.3) is 0 Å². The molecule has 17 heavy (non-hydrogen) atoms. The van der Waals surface area contributed by atoms with Gasteiger partial charge in [-0.05, 0) is 31.4 Å². The van der Waals surface area contributed by atoms with Gasteiger partial charge in [-0.3, -0.25) is 0 Å². The summed E-state index contributed by atoms with van der Waals surface area (Å²) in [7, 11) is 0. The number of aliphatic hydroxyl groups is 1. The van der Waals surface area contributed by atoms with Gasteiger partial charge in [0, 0.05) is 12.6 Å². The van der Waals surface area contributed by atoms with Crippen LogP contribution < -0.4 is 4.90 Å². The van der Waals surface area contributed by atoms with Crippen LogP contribution in [0.2, 0.25) is 0 Å². The molecular weight excluding hydrogens is 214 g/mol. The van der Waals surface area contributed by atoms with E-state index in [1.807, 2.05) is 12.1 Å². The van der Waals surface area contributed by atoms with Gasteiger partial charge in [0.1, 0.15) is 0 Å². The Hall–Kier alpha value is -1.16. The Morgan fingerprint density at radius 3 is 2.82 bits per heavy atom. The molecule has 0 aromatic carbocycles. The molecule has 1 aromatic heterocycles. The average molecular weight is 235 g/mol. The number of anilines is 1. The number of aliphatic hydroxyl groups excluding tert-OH is 1. The van der Waals surface area contributed by atoms with E-state index in [1.54, 1.807) is 0 Å². The Balaban J connectivity index is 2.16. The van der Waals surface area contributed by atoms with E-state index >= 15 is 0 Å². The van der Waals surface area contributed by atoms with E-state index in [0.29, 0.717) is 11.7 Å². The molecule has 1 aliphatic heterocycles. The lowest BCUT2D eigenvalue weighted by molar-refractivity contribution is 0.275. The maximum atomic E-state index is 8.97. The predicted molar refractivity (Wildman–Crippen MR) is 67.8 cm³/mol. The molecule has 0 amide bonds. The summed E-state index contributed by atoms with van der Waals surface area (Å²) >= 11 is 0. The highest BCUT2D eigenvalue weighted by atomic mass is 16.3. The number of hydrogen-bond donors (Lipinski definition) is 1. The molecule has 2 heterocycles. The Bertz CT molecular complexity index is 339. The highest BCUT2D eigenvalue weighted by molar-refractivity contribution is 5.38. The second-order valence-corrected chi connectivity index (χ2v) is 4.65. The fraction of sp³-hybridized carbons (Fsp3) is 0.692. The quantitative estimate of drug-likeness (QED) is 0.872. The molecule has 1 atom stereocenters. The van der Waals surface area contributed by atoms with Gasteiger partial charge in [0.05, 0.1) is 12.3 Å². The smallest absolute Gasteiger partial charge is 0.151 e. The molecule has 1 aliphatic rings. The zero-order valence-corrected chi connectivity index (χ0v) is 10.5. The normalized spacial score (nSPS) is 21.3. The van der Waals surface area contributed by atoms with E-state index in [1.165, 1.54) is 25.7 Å². The van der Waals surface area contributed by atoms with Gasteiger partial charge in [-0.2, -0.15) is 5.10 Å². The van der Waals surface area contributed by atoms with Crippen LogP contribution in [0.15, 0.2) is 12.1 Å². The molecule has 0 bridgehead atoms. The Kier molecular flexibility index (Phi) is 4.31. The highest BCUT2D eigenvalue weighted by Crippen LogP contribution is 2.23. The lowest BCUT2D eigenvalue weighted by Gasteiger charge is -2.29. The first-order valence-electron chi connectivity index (χ1n) is 6.55. The molecule has 1 unspecified atom stereocenters. The minimum Gasteiger partial charge on any atom is -0.390 e. The van der Waals surface area contributed by atoms with Crippen molar-refractivity contribution in [1.82, 2.24) is 10.2 Å². The van der Waals surface area contributed by atoms with Crippen molar-refractivity contribution in [3.8, 4) is 0 Å². The first-order chi connectivity index (χ1) is 8.35. The zero-order chi connectivity index (χ0) is 12.1. The van der Waals surface area contributed by atoms with E-state index in [2.05, 4.69) is 22.0 Å². The molecule has 94 valence electrons. The summed E-state index contributed by atoms with van der Waals surface area (Å²) in [6.07, 6.45) is 6.27. The SMILES string of the molecule is CCC1CCCCCN1c1ccc(CO)nn1. The van der Waals surface area contributed by atoms with E-state index in [9.17, 15) is 0 Å². The van der Waals surface area contributed by atoms with Crippen LogP contribution in [0.1, 0.15) is 44.7 Å². The molecule has 4 nitrogen and oxygen atoms in total. The van der Waals surface area contributed by atoms with Crippen LogP contribution in [0.4, 0.5) is 5.82 Å². The van der Waals surface area contributed by atoms with E-state index in [0.717, 1.165) is 18.8 Å². The molecule has 2 rings (SSSR count). The first kappa shape index (κ1) is 12.3. The van der Waals surface area contributed by atoms with Crippen molar-refractivity contribution in [2.45, 2.75) is 51.7 Å². The van der Waals surface area contributed by atoms with E-state index in [4.69, 9.17) is 5.11 Å². The fourth-order valence-electron chi connectivity index (χ4n) is 2.49. The topological polar surface area (TPSA) is 49.2 Å². The molecule has 0 spiro atoms. The van der Waals surface area contributed by atoms with Crippen LogP contribution >= 0.6 is 0 Å². The van der Waals surface area contributed by atoms with Gasteiger partial charge in [-0.25, -0.2) is 0 Å². The second-order valence-electron chi connectivity index (χ2n) is 4.65. The summed E-state index contributed by atoms with van der Waals surface area (Å²) in [6, 6.07) is 4.43.